The summed E-state index contributed by atoms with van der Waals surface area (Å²) in [6.07, 6.45) is 0. The predicted octanol–water partition coefficient (Wildman–Crippen LogP) is 1.71. The van der Waals surface area contributed by atoms with Crippen molar-refractivity contribution in [2.45, 2.75) is 18.7 Å². The van der Waals surface area contributed by atoms with Crippen LogP contribution in [-0.2, 0) is 10.0 Å². The summed E-state index contributed by atoms with van der Waals surface area (Å²) in [4.78, 5) is 0.0669. The van der Waals surface area contributed by atoms with E-state index in [9.17, 15) is 8.42 Å². The summed E-state index contributed by atoms with van der Waals surface area (Å²) in [6.45, 7) is 3.20. The van der Waals surface area contributed by atoms with Crippen LogP contribution in [0.5, 0.6) is 5.75 Å². The van der Waals surface area contributed by atoms with Crippen LogP contribution in [0, 0.1) is 25.2 Å². The predicted molar refractivity (Wildman–Crippen MR) is 76.6 cm³/mol. The fourth-order valence-corrected chi connectivity index (χ4v) is 3.49. The SMILES string of the molecule is COc1cccc(C#N)c1NS(=O)(=O)c1c(C)n[nH]c1C. The number of nitriles is 1. The normalized spacial score (nSPS) is 11.0. The molecule has 2 aromatic rings. The first-order valence-electron chi connectivity index (χ1n) is 6.02. The van der Waals surface area contributed by atoms with Gasteiger partial charge in [-0.2, -0.15) is 10.4 Å². The van der Waals surface area contributed by atoms with E-state index < -0.39 is 10.0 Å². The third-order valence-electron chi connectivity index (χ3n) is 2.93. The van der Waals surface area contributed by atoms with Gasteiger partial charge in [0.15, 0.2) is 0 Å². The van der Waals surface area contributed by atoms with Crippen molar-refractivity contribution >= 4 is 15.7 Å². The molecule has 110 valence electrons. The lowest BCUT2D eigenvalue weighted by Gasteiger charge is -2.13. The van der Waals surface area contributed by atoms with Gasteiger partial charge < -0.3 is 4.74 Å². The minimum Gasteiger partial charge on any atom is -0.495 e. The van der Waals surface area contributed by atoms with Gasteiger partial charge in [-0.05, 0) is 26.0 Å². The maximum absolute atomic E-state index is 12.5. The van der Waals surface area contributed by atoms with Crippen LogP contribution >= 0.6 is 0 Å². The molecular formula is C13H14N4O3S. The number of nitrogens with zero attached hydrogens (tertiary/aromatic N) is 2. The molecule has 1 heterocycles. The maximum Gasteiger partial charge on any atom is 0.265 e. The number of aromatic nitrogens is 2. The molecule has 1 aromatic heterocycles. The number of rotatable bonds is 4. The van der Waals surface area contributed by atoms with E-state index in [1.807, 2.05) is 6.07 Å². The highest BCUT2D eigenvalue weighted by Crippen LogP contribution is 2.31. The number of methoxy groups -OCH3 is 1. The summed E-state index contributed by atoms with van der Waals surface area (Å²) in [6, 6.07) is 6.64. The van der Waals surface area contributed by atoms with E-state index in [1.54, 1.807) is 26.0 Å². The molecule has 0 aliphatic carbocycles. The van der Waals surface area contributed by atoms with Gasteiger partial charge in [-0.1, -0.05) is 6.07 Å². The van der Waals surface area contributed by atoms with Crippen molar-refractivity contribution in [1.82, 2.24) is 10.2 Å². The topological polar surface area (TPSA) is 108 Å². The number of H-pyrrole nitrogens is 1. The van der Waals surface area contributed by atoms with E-state index in [2.05, 4.69) is 14.9 Å². The zero-order valence-electron chi connectivity index (χ0n) is 11.8. The number of benzene rings is 1. The summed E-state index contributed by atoms with van der Waals surface area (Å²) in [5.41, 5.74) is 1.07. The summed E-state index contributed by atoms with van der Waals surface area (Å²) in [5, 5.41) is 15.6. The van der Waals surface area contributed by atoms with Gasteiger partial charge in [0, 0.05) is 0 Å². The van der Waals surface area contributed by atoms with Crippen LogP contribution in [0.15, 0.2) is 23.1 Å². The molecule has 0 amide bonds. The van der Waals surface area contributed by atoms with E-state index in [4.69, 9.17) is 10.00 Å². The van der Waals surface area contributed by atoms with E-state index in [0.717, 1.165) is 0 Å². The maximum atomic E-state index is 12.5. The van der Waals surface area contributed by atoms with Crippen LogP contribution in [0.1, 0.15) is 17.0 Å². The highest BCUT2D eigenvalue weighted by atomic mass is 32.2. The summed E-state index contributed by atoms with van der Waals surface area (Å²) >= 11 is 0. The van der Waals surface area contributed by atoms with Gasteiger partial charge in [0.1, 0.15) is 22.4 Å². The van der Waals surface area contributed by atoms with Crippen LogP contribution in [0.2, 0.25) is 0 Å². The van der Waals surface area contributed by atoms with Crippen molar-refractivity contribution in [3.63, 3.8) is 0 Å². The van der Waals surface area contributed by atoms with Crippen LogP contribution in [0.3, 0.4) is 0 Å². The lowest BCUT2D eigenvalue weighted by Crippen LogP contribution is -2.16. The van der Waals surface area contributed by atoms with Crippen LogP contribution in [0.4, 0.5) is 5.69 Å². The van der Waals surface area contributed by atoms with Gasteiger partial charge in [-0.3, -0.25) is 9.82 Å². The van der Waals surface area contributed by atoms with Crippen molar-refractivity contribution in [1.29, 1.82) is 5.26 Å². The second-order valence-electron chi connectivity index (χ2n) is 4.36. The molecule has 7 nitrogen and oxygen atoms in total. The van der Waals surface area contributed by atoms with Gasteiger partial charge in [-0.25, -0.2) is 8.42 Å². The lowest BCUT2D eigenvalue weighted by atomic mass is 10.2. The summed E-state index contributed by atoms with van der Waals surface area (Å²) in [7, 11) is -2.47. The molecule has 2 N–H and O–H groups in total. The van der Waals surface area contributed by atoms with Crippen molar-refractivity contribution < 1.29 is 13.2 Å². The molecule has 8 heteroatoms. The zero-order valence-corrected chi connectivity index (χ0v) is 12.6. The van der Waals surface area contributed by atoms with Gasteiger partial charge in [-0.15, -0.1) is 0 Å². The molecule has 0 aliphatic rings. The number of ether oxygens (including phenoxy) is 1. The first-order chi connectivity index (χ1) is 9.90. The molecule has 0 spiro atoms. The number of para-hydroxylation sites is 1. The van der Waals surface area contributed by atoms with Crippen molar-refractivity contribution in [3.05, 3.63) is 35.2 Å². The van der Waals surface area contributed by atoms with E-state index in [-0.39, 0.29) is 21.9 Å². The Bertz CT molecular complexity index is 799. The number of sulfonamides is 1. The number of hydrogen-bond acceptors (Lipinski definition) is 5. The number of aromatic amines is 1. The quantitative estimate of drug-likeness (QED) is 0.894. The fourth-order valence-electron chi connectivity index (χ4n) is 2.02. The Kier molecular flexibility index (Phi) is 3.86. The molecule has 0 aliphatic heterocycles. The molecule has 0 saturated carbocycles. The molecule has 0 radical (unpaired) electrons. The van der Waals surface area contributed by atoms with Crippen molar-refractivity contribution in [2.24, 2.45) is 0 Å². The minimum absolute atomic E-state index is 0.0669. The molecule has 0 saturated heterocycles. The van der Waals surface area contributed by atoms with Gasteiger partial charge in [0.25, 0.3) is 10.0 Å². The Labute approximate surface area is 122 Å². The highest BCUT2D eigenvalue weighted by Gasteiger charge is 2.24. The standard InChI is InChI=1S/C13H14N4O3S/c1-8-13(9(2)16-15-8)21(18,19)17-12-10(7-14)5-4-6-11(12)20-3/h4-6,17H,1-3H3,(H,15,16). The third kappa shape index (κ3) is 2.68. The summed E-state index contributed by atoms with van der Waals surface area (Å²) < 4.78 is 32.5. The van der Waals surface area contributed by atoms with Crippen LogP contribution < -0.4 is 9.46 Å². The molecule has 0 atom stereocenters. The first-order valence-corrected chi connectivity index (χ1v) is 7.50. The number of aryl methyl sites for hydroxylation is 2. The second kappa shape index (κ2) is 5.46. The number of nitrogens with one attached hydrogen (secondary N) is 2. The number of anilines is 1. The average molecular weight is 306 g/mol. The van der Waals surface area contributed by atoms with Crippen molar-refractivity contribution in [2.75, 3.05) is 11.8 Å². The lowest BCUT2D eigenvalue weighted by molar-refractivity contribution is 0.416. The average Bonchev–Trinajstić information content (AvgIpc) is 2.78. The smallest absolute Gasteiger partial charge is 0.265 e. The Balaban J connectivity index is 2.55. The van der Waals surface area contributed by atoms with Gasteiger partial charge in [0.05, 0.1) is 24.1 Å². The van der Waals surface area contributed by atoms with Crippen molar-refractivity contribution in [3.8, 4) is 11.8 Å². The molecule has 0 unspecified atom stereocenters. The Morgan fingerprint density at radius 1 is 1.38 bits per heavy atom. The van der Waals surface area contributed by atoms with E-state index >= 15 is 0 Å². The molecule has 0 bridgehead atoms. The first kappa shape index (κ1) is 14.9. The Morgan fingerprint density at radius 3 is 2.62 bits per heavy atom. The Morgan fingerprint density at radius 2 is 2.10 bits per heavy atom. The van der Waals surface area contributed by atoms with Crippen LogP contribution in [-0.4, -0.2) is 25.7 Å². The van der Waals surface area contributed by atoms with E-state index in [0.29, 0.717) is 11.4 Å². The third-order valence-corrected chi connectivity index (χ3v) is 4.54. The molecule has 1 aromatic carbocycles. The largest absolute Gasteiger partial charge is 0.495 e. The monoisotopic (exact) mass is 306 g/mol. The Hall–Kier alpha value is -2.53. The molecule has 21 heavy (non-hydrogen) atoms. The van der Waals surface area contributed by atoms with Gasteiger partial charge >= 0.3 is 0 Å². The van der Waals surface area contributed by atoms with Gasteiger partial charge in [0.2, 0.25) is 0 Å². The highest BCUT2D eigenvalue weighted by molar-refractivity contribution is 7.92. The molecule has 2 rings (SSSR count). The summed E-state index contributed by atoms with van der Waals surface area (Å²) in [5.74, 6) is 0.274. The molecule has 0 fully saturated rings. The fraction of sp³-hybridized carbons (Fsp3) is 0.231. The molecular weight excluding hydrogens is 292 g/mol. The second-order valence-corrected chi connectivity index (χ2v) is 5.98. The van der Waals surface area contributed by atoms with Crippen LogP contribution in [0.25, 0.3) is 0 Å². The minimum atomic E-state index is -3.87. The zero-order chi connectivity index (χ0) is 15.6. The van der Waals surface area contributed by atoms with E-state index in [1.165, 1.54) is 13.2 Å². The number of hydrogen-bond donors (Lipinski definition) is 2.